The van der Waals surface area contributed by atoms with Gasteiger partial charge in [0, 0.05) is 7.11 Å². The van der Waals surface area contributed by atoms with E-state index in [9.17, 15) is 9.90 Å². The SMILES string of the molecule is CCCNC(COC)(C(=O)O)C(C)C. The third-order valence-electron chi connectivity index (χ3n) is 2.43. The smallest absolute Gasteiger partial charge is 0.326 e. The average Bonchev–Trinajstić information content (AvgIpc) is 2.11. The lowest BCUT2D eigenvalue weighted by Gasteiger charge is -2.33. The van der Waals surface area contributed by atoms with Crippen LogP contribution in [0.4, 0.5) is 0 Å². The highest BCUT2D eigenvalue weighted by atomic mass is 16.5. The van der Waals surface area contributed by atoms with E-state index in [4.69, 9.17) is 4.74 Å². The molecule has 0 saturated carbocycles. The third kappa shape index (κ3) is 2.96. The Morgan fingerprint density at radius 2 is 2.14 bits per heavy atom. The molecule has 0 bridgehead atoms. The quantitative estimate of drug-likeness (QED) is 0.651. The first kappa shape index (κ1) is 13.4. The van der Waals surface area contributed by atoms with Gasteiger partial charge in [-0.05, 0) is 18.9 Å². The Bertz CT molecular complexity index is 182. The standard InChI is InChI=1S/C10H21NO3/c1-5-6-11-10(7-14-4,8(2)3)9(12)13/h8,11H,5-7H2,1-4H3,(H,12,13). The van der Waals surface area contributed by atoms with Gasteiger partial charge in [-0.25, -0.2) is 0 Å². The number of hydrogen-bond acceptors (Lipinski definition) is 3. The molecule has 0 saturated heterocycles. The van der Waals surface area contributed by atoms with Crippen molar-refractivity contribution in [3.05, 3.63) is 0 Å². The number of ether oxygens (including phenoxy) is 1. The van der Waals surface area contributed by atoms with Crippen LogP contribution in [0, 0.1) is 5.92 Å². The first-order valence-electron chi connectivity index (χ1n) is 4.98. The first-order chi connectivity index (χ1) is 6.51. The molecule has 0 spiro atoms. The molecule has 1 atom stereocenters. The van der Waals surface area contributed by atoms with Gasteiger partial charge in [-0.1, -0.05) is 20.8 Å². The number of carboxylic acids is 1. The Labute approximate surface area is 85.6 Å². The van der Waals surface area contributed by atoms with Crippen molar-refractivity contribution in [3.8, 4) is 0 Å². The lowest BCUT2D eigenvalue weighted by atomic mass is 9.87. The van der Waals surface area contributed by atoms with Crippen molar-refractivity contribution in [1.82, 2.24) is 5.32 Å². The number of carbonyl (C=O) groups is 1. The number of methoxy groups -OCH3 is 1. The molecule has 14 heavy (non-hydrogen) atoms. The van der Waals surface area contributed by atoms with E-state index in [1.807, 2.05) is 20.8 Å². The van der Waals surface area contributed by atoms with Gasteiger partial charge in [0.1, 0.15) is 5.54 Å². The van der Waals surface area contributed by atoms with Crippen molar-refractivity contribution in [1.29, 1.82) is 0 Å². The topological polar surface area (TPSA) is 58.6 Å². The van der Waals surface area contributed by atoms with Crippen LogP contribution < -0.4 is 5.32 Å². The summed E-state index contributed by atoms with van der Waals surface area (Å²) < 4.78 is 4.98. The van der Waals surface area contributed by atoms with Crippen LogP contribution in [0.15, 0.2) is 0 Å². The molecule has 0 rings (SSSR count). The lowest BCUT2D eigenvalue weighted by Crippen LogP contribution is -2.59. The molecule has 0 aliphatic heterocycles. The van der Waals surface area contributed by atoms with Gasteiger partial charge >= 0.3 is 5.97 Å². The van der Waals surface area contributed by atoms with E-state index in [0.29, 0.717) is 6.54 Å². The largest absolute Gasteiger partial charge is 0.480 e. The van der Waals surface area contributed by atoms with Gasteiger partial charge in [0.25, 0.3) is 0 Å². The predicted molar refractivity (Wildman–Crippen MR) is 55.4 cm³/mol. The molecule has 2 N–H and O–H groups in total. The molecule has 0 fully saturated rings. The van der Waals surface area contributed by atoms with Crippen molar-refractivity contribution in [2.45, 2.75) is 32.7 Å². The van der Waals surface area contributed by atoms with Gasteiger partial charge in [-0.15, -0.1) is 0 Å². The van der Waals surface area contributed by atoms with Gasteiger partial charge in [0.05, 0.1) is 6.61 Å². The molecule has 4 nitrogen and oxygen atoms in total. The highest BCUT2D eigenvalue weighted by Crippen LogP contribution is 2.18. The Morgan fingerprint density at radius 3 is 2.43 bits per heavy atom. The van der Waals surface area contributed by atoms with Gasteiger partial charge in [0.2, 0.25) is 0 Å². The molecule has 1 unspecified atom stereocenters. The molecule has 0 heterocycles. The Balaban J connectivity index is 4.65. The second kappa shape index (κ2) is 5.98. The normalized spacial score (nSPS) is 15.5. The second-order valence-corrected chi connectivity index (χ2v) is 3.79. The molecular weight excluding hydrogens is 182 g/mol. The maximum absolute atomic E-state index is 11.2. The van der Waals surface area contributed by atoms with Crippen LogP contribution in [-0.4, -0.2) is 36.9 Å². The van der Waals surface area contributed by atoms with E-state index >= 15 is 0 Å². The number of hydrogen-bond donors (Lipinski definition) is 2. The zero-order chi connectivity index (χ0) is 11.2. The van der Waals surface area contributed by atoms with Gasteiger partial charge in [-0.3, -0.25) is 10.1 Å². The molecule has 4 heteroatoms. The monoisotopic (exact) mass is 203 g/mol. The Hall–Kier alpha value is -0.610. The summed E-state index contributed by atoms with van der Waals surface area (Å²) in [6.45, 7) is 6.66. The van der Waals surface area contributed by atoms with E-state index in [1.54, 1.807) is 0 Å². The number of aliphatic carboxylic acids is 1. The minimum atomic E-state index is -0.954. The number of carboxylic acid groups (broad SMARTS) is 1. The van der Waals surface area contributed by atoms with Gasteiger partial charge in [-0.2, -0.15) is 0 Å². The fourth-order valence-electron chi connectivity index (χ4n) is 1.38. The minimum Gasteiger partial charge on any atom is -0.480 e. The van der Waals surface area contributed by atoms with Crippen molar-refractivity contribution >= 4 is 5.97 Å². The zero-order valence-electron chi connectivity index (χ0n) is 9.46. The maximum atomic E-state index is 11.2. The van der Waals surface area contributed by atoms with Crippen molar-refractivity contribution in [3.63, 3.8) is 0 Å². The van der Waals surface area contributed by atoms with E-state index in [-0.39, 0.29) is 12.5 Å². The Kier molecular flexibility index (Phi) is 5.72. The van der Waals surface area contributed by atoms with Crippen LogP contribution in [0.5, 0.6) is 0 Å². The molecule has 0 aromatic rings. The van der Waals surface area contributed by atoms with Crippen LogP contribution in [0.25, 0.3) is 0 Å². The molecule has 0 amide bonds. The van der Waals surface area contributed by atoms with Crippen LogP contribution >= 0.6 is 0 Å². The third-order valence-corrected chi connectivity index (χ3v) is 2.43. The highest BCUT2D eigenvalue weighted by Gasteiger charge is 2.41. The molecule has 0 aliphatic rings. The summed E-state index contributed by atoms with van der Waals surface area (Å²) in [6.07, 6.45) is 0.908. The van der Waals surface area contributed by atoms with Crippen molar-refractivity contribution < 1.29 is 14.6 Å². The maximum Gasteiger partial charge on any atom is 0.326 e. The summed E-state index contributed by atoms with van der Waals surface area (Å²) >= 11 is 0. The first-order valence-corrected chi connectivity index (χ1v) is 4.98. The summed E-state index contributed by atoms with van der Waals surface area (Å²) in [5.41, 5.74) is -0.954. The number of rotatable bonds is 7. The molecule has 0 aromatic carbocycles. The average molecular weight is 203 g/mol. The van der Waals surface area contributed by atoms with Crippen molar-refractivity contribution in [2.75, 3.05) is 20.3 Å². The summed E-state index contributed by atoms with van der Waals surface area (Å²) in [4.78, 5) is 11.2. The van der Waals surface area contributed by atoms with E-state index in [0.717, 1.165) is 6.42 Å². The van der Waals surface area contributed by atoms with E-state index < -0.39 is 11.5 Å². The summed E-state index contributed by atoms with van der Waals surface area (Å²) in [5.74, 6) is -0.852. The van der Waals surface area contributed by atoms with Gasteiger partial charge in [0.15, 0.2) is 0 Å². The molecule has 0 aromatic heterocycles. The van der Waals surface area contributed by atoms with Crippen LogP contribution in [0.3, 0.4) is 0 Å². The minimum absolute atomic E-state index is 0.00787. The molecule has 84 valence electrons. The van der Waals surface area contributed by atoms with Crippen LogP contribution in [-0.2, 0) is 9.53 Å². The highest BCUT2D eigenvalue weighted by molar-refractivity contribution is 5.79. The van der Waals surface area contributed by atoms with Crippen LogP contribution in [0.2, 0.25) is 0 Å². The lowest BCUT2D eigenvalue weighted by molar-refractivity contribution is -0.150. The molecule has 0 aliphatic carbocycles. The van der Waals surface area contributed by atoms with Gasteiger partial charge < -0.3 is 9.84 Å². The predicted octanol–water partition coefficient (Wildman–Crippen LogP) is 1.11. The summed E-state index contributed by atoms with van der Waals surface area (Å²) in [7, 11) is 1.52. The molecule has 0 radical (unpaired) electrons. The number of nitrogens with one attached hydrogen (secondary N) is 1. The summed E-state index contributed by atoms with van der Waals surface area (Å²) in [5, 5.41) is 12.3. The zero-order valence-corrected chi connectivity index (χ0v) is 9.46. The van der Waals surface area contributed by atoms with E-state index in [2.05, 4.69) is 5.32 Å². The Morgan fingerprint density at radius 1 is 1.57 bits per heavy atom. The van der Waals surface area contributed by atoms with Crippen LogP contribution in [0.1, 0.15) is 27.2 Å². The van der Waals surface area contributed by atoms with E-state index in [1.165, 1.54) is 7.11 Å². The van der Waals surface area contributed by atoms with Crippen molar-refractivity contribution in [2.24, 2.45) is 5.92 Å². The molecular formula is C10H21NO3. The fraction of sp³-hybridized carbons (Fsp3) is 0.900. The summed E-state index contributed by atoms with van der Waals surface area (Å²) in [6, 6.07) is 0. The fourth-order valence-corrected chi connectivity index (χ4v) is 1.38. The second-order valence-electron chi connectivity index (χ2n) is 3.79.